The Hall–Kier alpha value is -2.41. The molecule has 4 rings (SSSR count). The Labute approximate surface area is 194 Å². The number of thioether (sulfide) groups is 1. The summed E-state index contributed by atoms with van der Waals surface area (Å²) in [6.45, 7) is 2.67. The van der Waals surface area contributed by atoms with Gasteiger partial charge in [0.25, 0.3) is 21.8 Å². The number of nitrogens with zero attached hydrogens (tertiary/aromatic N) is 2. The molecule has 1 aromatic carbocycles. The first-order valence-corrected chi connectivity index (χ1v) is 13.2. The summed E-state index contributed by atoms with van der Waals surface area (Å²) in [5.41, 5.74) is -0.569. The van der Waals surface area contributed by atoms with Gasteiger partial charge in [0.05, 0.1) is 5.56 Å². The van der Waals surface area contributed by atoms with Gasteiger partial charge >= 0.3 is 6.03 Å². The molecule has 2 aliphatic heterocycles. The van der Waals surface area contributed by atoms with Crippen LogP contribution in [-0.2, 0) is 14.8 Å². The number of benzene rings is 1. The Morgan fingerprint density at radius 2 is 1.84 bits per heavy atom. The van der Waals surface area contributed by atoms with Crippen molar-refractivity contribution in [2.24, 2.45) is 0 Å². The van der Waals surface area contributed by atoms with Crippen molar-refractivity contribution in [3.8, 4) is 0 Å². The van der Waals surface area contributed by atoms with E-state index >= 15 is 0 Å². The number of urea groups is 1. The van der Waals surface area contributed by atoms with Crippen LogP contribution in [0.2, 0.25) is 0 Å². The van der Waals surface area contributed by atoms with Gasteiger partial charge in [0.1, 0.15) is 9.75 Å². The fraction of sp³-hybridized carbons (Fsp3) is 0.350. The van der Waals surface area contributed by atoms with Crippen molar-refractivity contribution < 1.29 is 22.8 Å². The fourth-order valence-corrected chi connectivity index (χ4v) is 7.21. The highest BCUT2D eigenvalue weighted by atomic mass is 32.2. The number of nitrogens with one attached hydrogen (secondary N) is 2. The number of thiophene rings is 1. The summed E-state index contributed by atoms with van der Waals surface area (Å²) in [6, 6.07) is 9.84. The molecule has 0 radical (unpaired) electrons. The molecular formula is C20H22N4O5S3. The SMILES string of the molecule is C[C@]1(CSc2ccccc2C(=O)N2CCN(S(=O)(=O)c3cccs3)CC2)NC(=O)NC1=O. The van der Waals surface area contributed by atoms with E-state index in [2.05, 4.69) is 10.6 Å². The summed E-state index contributed by atoms with van der Waals surface area (Å²) in [6.07, 6.45) is 0. The topological polar surface area (TPSA) is 116 Å². The van der Waals surface area contributed by atoms with E-state index in [-0.39, 0.29) is 24.7 Å². The highest BCUT2D eigenvalue weighted by Gasteiger charge is 2.42. The maximum absolute atomic E-state index is 13.2. The first-order valence-electron chi connectivity index (χ1n) is 9.89. The van der Waals surface area contributed by atoms with Crippen molar-refractivity contribution in [3.63, 3.8) is 0 Å². The molecule has 2 aliphatic rings. The molecule has 170 valence electrons. The van der Waals surface area contributed by atoms with Crippen LogP contribution in [0.15, 0.2) is 50.9 Å². The van der Waals surface area contributed by atoms with Gasteiger partial charge in [-0.1, -0.05) is 18.2 Å². The second-order valence-corrected chi connectivity index (χ2v) is 11.8. The Kier molecular flexibility index (Phi) is 6.30. The number of hydrogen-bond donors (Lipinski definition) is 2. The Morgan fingerprint density at radius 3 is 2.47 bits per heavy atom. The van der Waals surface area contributed by atoms with Crippen LogP contribution < -0.4 is 10.6 Å². The number of carbonyl (C=O) groups is 3. The van der Waals surface area contributed by atoms with Crippen LogP contribution in [0.25, 0.3) is 0 Å². The zero-order valence-electron chi connectivity index (χ0n) is 17.2. The number of amides is 4. The molecule has 2 N–H and O–H groups in total. The van der Waals surface area contributed by atoms with Crippen LogP contribution in [0.1, 0.15) is 17.3 Å². The van der Waals surface area contributed by atoms with Crippen molar-refractivity contribution in [2.75, 3.05) is 31.9 Å². The molecule has 0 aliphatic carbocycles. The largest absolute Gasteiger partial charge is 0.336 e. The van der Waals surface area contributed by atoms with Gasteiger partial charge in [-0.3, -0.25) is 14.9 Å². The van der Waals surface area contributed by atoms with Crippen molar-refractivity contribution in [2.45, 2.75) is 21.6 Å². The van der Waals surface area contributed by atoms with Crippen molar-refractivity contribution >= 4 is 51.0 Å². The highest BCUT2D eigenvalue weighted by Crippen LogP contribution is 2.29. The van der Waals surface area contributed by atoms with E-state index in [0.717, 1.165) is 0 Å². The minimum absolute atomic E-state index is 0.189. The first-order chi connectivity index (χ1) is 15.2. The molecule has 12 heteroatoms. The molecule has 0 unspecified atom stereocenters. The van der Waals surface area contributed by atoms with E-state index < -0.39 is 27.5 Å². The van der Waals surface area contributed by atoms with E-state index in [1.165, 1.54) is 27.4 Å². The maximum atomic E-state index is 13.2. The summed E-state index contributed by atoms with van der Waals surface area (Å²) in [7, 11) is -3.54. The third-order valence-electron chi connectivity index (χ3n) is 5.37. The van der Waals surface area contributed by atoms with Gasteiger partial charge in [0, 0.05) is 36.8 Å². The van der Waals surface area contributed by atoms with E-state index in [1.54, 1.807) is 53.6 Å². The zero-order chi connectivity index (χ0) is 22.9. The molecule has 2 saturated heterocycles. The van der Waals surface area contributed by atoms with Gasteiger partial charge in [-0.15, -0.1) is 23.1 Å². The molecule has 0 bridgehead atoms. The third kappa shape index (κ3) is 4.40. The average molecular weight is 495 g/mol. The molecule has 2 fully saturated rings. The Balaban J connectivity index is 1.42. The van der Waals surface area contributed by atoms with Crippen LogP contribution in [-0.4, -0.2) is 72.9 Å². The predicted molar refractivity (Wildman–Crippen MR) is 121 cm³/mol. The van der Waals surface area contributed by atoms with Crippen LogP contribution in [0.4, 0.5) is 4.79 Å². The Bertz CT molecular complexity index is 1140. The van der Waals surface area contributed by atoms with Crippen LogP contribution in [0.5, 0.6) is 0 Å². The molecule has 9 nitrogen and oxygen atoms in total. The van der Waals surface area contributed by atoms with Gasteiger partial charge in [-0.25, -0.2) is 13.2 Å². The number of hydrogen-bond acceptors (Lipinski definition) is 7. The number of imide groups is 1. The van der Waals surface area contributed by atoms with E-state index in [4.69, 9.17) is 0 Å². The molecule has 1 atom stereocenters. The van der Waals surface area contributed by atoms with Gasteiger partial charge in [0.15, 0.2) is 0 Å². The second kappa shape index (κ2) is 8.85. The molecular weight excluding hydrogens is 472 g/mol. The normalized spacial score (nSPS) is 22.0. The summed E-state index contributed by atoms with van der Waals surface area (Å²) in [5.74, 6) is -0.324. The summed E-state index contributed by atoms with van der Waals surface area (Å²) < 4.78 is 27.1. The lowest BCUT2D eigenvalue weighted by Gasteiger charge is -2.34. The molecule has 4 amide bonds. The molecule has 1 aromatic heterocycles. The van der Waals surface area contributed by atoms with Crippen molar-refractivity contribution in [3.05, 3.63) is 47.3 Å². The van der Waals surface area contributed by atoms with Gasteiger partial charge in [0.2, 0.25) is 0 Å². The summed E-state index contributed by atoms with van der Waals surface area (Å²) in [4.78, 5) is 39.1. The summed E-state index contributed by atoms with van der Waals surface area (Å²) >= 11 is 2.49. The van der Waals surface area contributed by atoms with E-state index in [1.807, 2.05) is 0 Å². The fourth-order valence-electron chi connectivity index (χ4n) is 3.51. The second-order valence-electron chi connectivity index (χ2n) is 7.65. The smallest absolute Gasteiger partial charge is 0.322 e. The minimum atomic E-state index is -3.54. The monoisotopic (exact) mass is 494 g/mol. The zero-order valence-corrected chi connectivity index (χ0v) is 19.7. The minimum Gasteiger partial charge on any atom is -0.336 e. The highest BCUT2D eigenvalue weighted by molar-refractivity contribution is 7.99. The molecule has 32 heavy (non-hydrogen) atoms. The number of sulfonamides is 1. The maximum Gasteiger partial charge on any atom is 0.322 e. The lowest BCUT2D eigenvalue weighted by atomic mass is 10.1. The molecule has 2 aromatic rings. The van der Waals surface area contributed by atoms with Gasteiger partial charge in [-0.2, -0.15) is 4.31 Å². The number of carbonyl (C=O) groups excluding carboxylic acids is 3. The van der Waals surface area contributed by atoms with E-state index in [9.17, 15) is 22.8 Å². The number of rotatable bonds is 6. The van der Waals surface area contributed by atoms with Crippen LogP contribution in [0.3, 0.4) is 0 Å². The molecule has 3 heterocycles. The Morgan fingerprint density at radius 1 is 1.12 bits per heavy atom. The van der Waals surface area contributed by atoms with Gasteiger partial charge < -0.3 is 10.2 Å². The van der Waals surface area contributed by atoms with E-state index in [0.29, 0.717) is 27.8 Å². The number of piperazine rings is 1. The predicted octanol–water partition coefficient (Wildman–Crippen LogP) is 1.58. The first kappa shape index (κ1) is 22.8. The van der Waals surface area contributed by atoms with Crippen LogP contribution in [0, 0.1) is 0 Å². The molecule has 0 saturated carbocycles. The van der Waals surface area contributed by atoms with Crippen LogP contribution >= 0.6 is 23.1 Å². The van der Waals surface area contributed by atoms with Gasteiger partial charge in [-0.05, 0) is 30.5 Å². The third-order valence-corrected chi connectivity index (χ3v) is 10.0. The lowest BCUT2D eigenvalue weighted by molar-refractivity contribution is -0.122. The van der Waals surface area contributed by atoms with Crippen molar-refractivity contribution in [1.29, 1.82) is 0 Å². The quantitative estimate of drug-likeness (QED) is 0.465. The standard InChI is InChI=1S/C20H22N4O5S3/c1-20(18(26)21-19(27)22-20)13-31-15-6-3-2-5-14(15)17(25)23-8-10-24(11-9-23)32(28,29)16-7-4-12-30-16/h2-7,12H,8-11,13H2,1H3,(H2,21,22,26,27)/t20-/m1/s1. The van der Waals surface area contributed by atoms with Crippen molar-refractivity contribution in [1.82, 2.24) is 19.8 Å². The lowest BCUT2D eigenvalue weighted by Crippen LogP contribution is -2.50. The average Bonchev–Trinajstić information content (AvgIpc) is 3.41. The molecule has 0 spiro atoms. The summed E-state index contributed by atoms with van der Waals surface area (Å²) in [5, 5.41) is 6.57.